The first-order chi connectivity index (χ1) is 18.0. The van der Waals surface area contributed by atoms with Crippen molar-refractivity contribution in [3.63, 3.8) is 0 Å². The molecule has 0 saturated heterocycles. The summed E-state index contributed by atoms with van der Waals surface area (Å²) in [6.07, 6.45) is 5.11. The van der Waals surface area contributed by atoms with Crippen molar-refractivity contribution in [2.24, 2.45) is 0 Å². The van der Waals surface area contributed by atoms with Gasteiger partial charge >= 0.3 is 0 Å². The molecule has 200 valence electrons. The van der Waals surface area contributed by atoms with Crippen LogP contribution in [0.15, 0.2) is 43.4 Å². The monoisotopic (exact) mass is 517 g/mol. The van der Waals surface area contributed by atoms with Gasteiger partial charge in [-0.1, -0.05) is 18.7 Å². The van der Waals surface area contributed by atoms with Crippen LogP contribution in [-0.2, 0) is 23.3 Å². The molecule has 2 amide bonds. The summed E-state index contributed by atoms with van der Waals surface area (Å²) in [7, 11) is 1.67. The number of nitrogens with two attached hydrogens (primary N) is 1. The van der Waals surface area contributed by atoms with E-state index in [-0.39, 0.29) is 29.8 Å². The van der Waals surface area contributed by atoms with Crippen molar-refractivity contribution >= 4 is 17.6 Å². The third kappa shape index (κ3) is 5.39. The minimum absolute atomic E-state index is 0.00407. The van der Waals surface area contributed by atoms with E-state index < -0.39 is 0 Å². The van der Waals surface area contributed by atoms with Gasteiger partial charge in [0.05, 0.1) is 29.5 Å². The second-order valence-corrected chi connectivity index (χ2v) is 10.5. The zero-order valence-corrected chi connectivity index (χ0v) is 22.7. The molecule has 10 nitrogen and oxygen atoms in total. The standard InChI is InChI=1S/C28H35N7O3/c1-7-23(36)33(6)12-13-38-25-24(30-17-31-26(25)29)19-8-9-20(18(2)14-19)16-34-11-10-22-21(27(34)37)15-32-35(22)28(3,4)5/h7-9,14-15,17H,1,10-13,16H2,2-6H3,(H2,29,30,31). The number of carbonyl (C=O) groups excluding carboxylic acids is 2. The number of hydrogen-bond acceptors (Lipinski definition) is 7. The number of nitrogens with zero attached hydrogens (tertiary/aromatic N) is 6. The highest BCUT2D eigenvalue weighted by Crippen LogP contribution is 2.33. The van der Waals surface area contributed by atoms with Crippen molar-refractivity contribution < 1.29 is 14.3 Å². The quantitative estimate of drug-likeness (QED) is 0.456. The van der Waals surface area contributed by atoms with Gasteiger partial charge in [-0.05, 0) is 51.0 Å². The van der Waals surface area contributed by atoms with Crippen LogP contribution in [-0.4, -0.2) is 68.1 Å². The number of rotatable bonds is 8. The highest BCUT2D eigenvalue weighted by atomic mass is 16.5. The van der Waals surface area contributed by atoms with Gasteiger partial charge in [0.2, 0.25) is 5.91 Å². The van der Waals surface area contributed by atoms with Crippen molar-refractivity contribution in [2.75, 3.05) is 32.5 Å². The van der Waals surface area contributed by atoms with Crippen LogP contribution in [0.1, 0.15) is 48.0 Å². The number of likely N-dealkylation sites (N-methyl/N-ethyl adjacent to an activating group) is 1. The Morgan fingerprint density at radius 3 is 2.74 bits per heavy atom. The molecule has 0 fully saturated rings. The van der Waals surface area contributed by atoms with E-state index in [1.54, 1.807) is 13.2 Å². The van der Waals surface area contributed by atoms with Crippen molar-refractivity contribution in [1.82, 2.24) is 29.5 Å². The van der Waals surface area contributed by atoms with Crippen LogP contribution in [0.4, 0.5) is 5.82 Å². The SMILES string of the molecule is C=CC(=O)N(C)CCOc1c(N)ncnc1-c1ccc(CN2CCc3c(cnn3C(C)(C)C)C2=O)c(C)c1. The van der Waals surface area contributed by atoms with Gasteiger partial charge in [0, 0.05) is 32.1 Å². The van der Waals surface area contributed by atoms with Gasteiger partial charge < -0.3 is 20.3 Å². The van der Waals surface area contributed by atoms with E-state index in [2.05, 4.69) is 42.4 Å². The van der Waals surface area contributed by atoms with Crippen LogP contribution in [0.2, 0.25) is 0 Å². The summed E-state index contributed by atoms with van der Waals surface area (Å²) >= 11 is 0. The normalized spacial score (nSPS) is 13.3. The lowest BCUT2D eigenvalue weighted by molar-refractivity contribution is -0.125. The minimum atomic E-state index is -0.191. The predicted molar refractivity (Wildman–Crippen MR) is 146 cm³/mol. The van der Waals surface area contributed by atoms with E-state index in [9.17, 15) is 9.59 Å². The number of aromatic nitrogens is 4. The van der Waals surface area contributed by atoms with Crippen molar-refractivity contribution in [2.45, 2.75) is 46.2 Å². The molecular formula is C28H35N7O3. The van der Waals surface area contributed by atoms with E-state index in [1.165, 1.54) is 17.3 Å². The van der Waals surface area contributed by atoms with Gasteiger partial charge in [-0.2, -0.15) is 5.10 Å². The average molecular weight is 518 g/mol. The molecule has 38 heavy (non-hydrogen) atoms. The molecule has 0 spiro atoms. The maximum atomic E-state index is 13.2. The van der Waals surface area contributed by atoms with E-state index in [4.69, 9.17) is 10.5 Å². The number of benzene rings is 1. The molecule has 0 aliphatic carbocycles. The minimum Gasteiger partial charge on any atom is -0.486 e. The number of anilines is 1. The van der Waals surface area contributed by atoms with E-state index in [1.807, 2.05) is 34.7 Å². The van der Waals surface area contributed by atoms with Gasteiger partial charge in [-0.15, -0.1) is 0 Å². The summed E-state index contributed by atoms with van der Waals surface area (Å²) in [4.78, 5) is 36.8. The third-order valence-electron chi connectivity index (χ3n) is 6.67. The number of carbonyl (C=O) groups is 2. The molecule has 2 N–H and O–H groups in total. The fraction of sp³-hybridized carbons (Fsp3) is 0.393. The van der Waals surface area contributed by atoms with Crippen LogP contribution in [0.25, 0.3) is 11.3 Å². The summed E-state index contributed by atoms with van der Waals surface area (Å²) in [5, 5.41) is 4.49. The summed E-state index contributed by atoms with van der Waals surface area (Å²) in [5.41, 5.74) is 11.1. The molecule has 0 bridgehead atoms. The number of hydrogen-bond donors (Lipinski definition) is 1. The number of aryl methyl sites for hydroxylation is 1. The van der Waals surface area contributed by atoms with Crippen LogP contribution in [0.3, 0.4) is 0 Å². The molecule has 1 aliphatic heterocycles. The second-order valence-electron chi connectivity index (χ2n) is 10.5. The van der Waals surface area contributed by atoms with Crippen molar-refractivity contribution in [1.29, 1.82) is 0 Å². The van der Waals surface area contributed by atoms with Gasteiger partial charge in [0.15, 0.2) is 11.6 Å². The number of fused-ring (bicyclic) bond motifs is 1. The molecule has 0 radical (unpaired) electrons. The lowest BCUT2D eigenvalue weighted by Gasteiger charge is -2.30. The van der Waals surface area contributed by atoms with Crippen molar-refractivity contribution in [3.8, 4) is 17.0 Å². The summed E-state index contributed by atoms with van der Waals surface area (Å²) in [6.45, 7) is 13.5. The second kappa shape index (κ2) is 10.6. The van der Waals surface area contributed by atoms with E-state index in [0.29, 0.717) is 36.6 Å². The predicted octanol–water partition coefficient (Wildman–Crippen LogP) is 3.21. The first-order valence-corrected chi connectivity index (χ1v) is 12.6. The molecule has 4 rings (SSSR count). The fourth-order valence-electron chi connectivity index (χ4n) is 4.55. The molecule has 3 heterocycles. The smallest absolute Gasteiger partial charge is 0.257 e. The number of ether oxygens (including phenoxy) is 1. The Balaban J connectivity index is 1.51. The zero-order valence-electron chi connectivity index (χ0n) is 22.7. The van der Waals surface area contributed by atoms with Crippen LogP contribution < -0.4 is 10.5 Å². The summed E-state index contributed by atoms with van der Waals surface area (Å²) in [6, 6.07) is 5.96. The molecular weight excluding hydrogens is 482 g/mol. The summed E-state index contributed by atoms with van der Waals surface area (Å²) < 4.78 is 7.87. The first kappa shape index (κ1) is 26.8. The lowest BCUT2D eigenvalue weighted by Crippen LogP contribution is -2.38. The fourth-order valence-corrected chi connectivity index (χ4v) is 4.55. The highest BCUT2D eigenvalue weighted by Gasteiger charge is 2.31. The average Bonchev–Trinajstić information content (AvgIpc) is 3.33. The Morgan fingerprint density at radius 1 is 1.29 bits per heavy atom. The lowest BCUT2D eigenvalue weighted by atomic mass is 10.00. The number of nitrogen functional groups attached to an aromatic ring is 1. The summed E-state index contributed by atoms with van der Waals surface area (Å²) in [5.74, 6) is 0.404. The molecule has 3 aromatic rings. The van der Waals surface area contributed by atoms with Crippen LogP contribution in [0.5, 0.6) is 5.75 Å². The Kier molecular flexibility index (Phi) is 7.52. The Bertz CT molecular complexity index is 1370. The van der Waals surface area contributed by atoms with Crippen molar-refractivity contribution in [3.05, 3.63) is 65.8 Å². The first-order valence-electron chi connectivity index (χ1n) is 12.6. The topological polar surface area (TPSA) is 119 Å². The Labute approximate surface area is 223 Å². The van der Waals surface area contributed by atoms with Crippen LogP contribution in [0, 0.1) is 6.92 Å². The van der Waals surface area contributed by atoms with E-state index in [0.717, 1.165) is 28.8 Å². The van der Waals surface area contributed by atoms with Gasteiger partial charge in [-0.25, -0.2) is 9.97 Å². The third-order valence-corrected chi connectivity index (χ3v) is 6.67. The molecule has 1 aromatic carbocycles. The maximum Gasteiger partial charge on any atom is 0.257 e. The molecule has 1 aliphatic rings. The highest BCUT2D eigenvalue weighted by molar-refractivity contribution is 5.96. The molecule has 2 aromatic heterocycles. The molecule has 10 heteroatoms. The molecule has 0 atom stereocenters. The van der Waals surface area contributed by atoms with Gasteiger partial charge in [0.25, 0.3) is 5.91 Å². The molecule has 0 unspecified atom stereocenters. The largest absolute Gasteiger partial charge is 0.486 e. The molecule has 0 saturated carbocycles. The van der Waals surface area contributed by atoms with E-state index >= 15 is 0 Å². The van der Waals surface area contributed by atoms with Gasteiger partial charge in [0.1, 0.15) is 18.6 Å². The maximum absolute atomic E-state index is 13.2. The van der Waals surface area contributed by atoms with Gasteiger partial charge in [-0.3, -0.25) is 14.3 Å². The number of amides is 2. The Morgan fingerprint density at radius 2 is 2.05 bits per heavy atom. The zero-order chi connectivity index (χ0) is 27.6. The Hall–Kier alpha value is -4.21. The van der Waals surface area contributed by atoms with Crippen LogP contribution >= 0.6 is 0 Å².